The summed E-state index contributed by atoms with van der Waals surface area (Å²) in [5.74, 6) is 5.01. The second-order valence-corrected chi connectivity index (χ2v) is 3.83. The van der Waals surface area contributed by atoms with Crippen LogP contribution in [0, 0.1) is 18.8 Å². The van der Waals surface area contributed by atoms with Crippen LogP contribution >= 0.6 is 0 Å². The first-order valence-electron chi connectivity index (χ1n) is 5.56. The number of hydrogen-bond donors (Lipinski definition) is 1. The van der Waals surface area contributed by atoms with Crippen molar-refractivity contribution in [1.29, 1.82) is 0 Å². The fourth-order valence-corrected chi connectivity index (χ4v) is 1.46. The summed E-state index contributed by atoms with van der Waals surface area (Å²) in [6.45, 7) is 4.85. The van der Waals surface area contributed by atoms with Crippen molar-refractivity contribution in [3.63, 3.8) is 0 Å². The summed E-state index contributed by atoms with van der Waals surface area (Å²) in [4.78, 5) is 12.6. The summed E-state index contributed by atoms with van der Waals surface area (Å²) < 4.78 is 0. The highest BCUT2D eigenvalue weighted by Gasteiger charge is 2.07. The molecule has 0 aliphatic carbocycles. The third-order valence-corrected chi connectivity index (χ3v) is 2.44. The van der Waals surface area contributed by atoms with Crippen molar-refractivity contribution in [2.45, 2.75) is 20.3 Å². The predicted octanol–water partition coefficient (Wildman–Crippen LogP) is 2.30. The van der Waals surface area contributed by atoms with Gasteiger partial charge < -0.3 is 10.0 Å². The Morgan fingerprint density at radius 3 is 2.53 bits per heavy atom. The molecule has 17 heavy (non-hydrogen) atoms. The van der Waals surface area contributed by atoms with Gasteiger partial charge in [-0.25, -0.2) is 0 Å². The van der Waals surface area contributed by atoms with Crippen LogP contribution in [-0.4, -0.2) is 24.2 Å². The lowest BCUT2D eigenvalue weighted by Gasteiger charge is -2.21. The van der Waals surface area contributed by atoms with E-state index < -0.39 is 5.97 Å². The van der Waals surface area contributed by atoms with E-state index in [0.29, 0.717) is 13.1 Å². The van der Waals surface area contributed by atoms with Crippen LogP contribution in [0.25, 0.3) is 0 Å². The molecule has 0 amide bonds. The Labute approximate surface area is 102 Å². The van der Waals surface area contributed by atoms with Gasteiger partial charge in [-0.3, -0.25) is 4.79 Å². The molecular weight excluding hydrogens is 214 g/mol. The van der Waals surface area contributed by atoms with E-state index in [9.17, 15) is 4.79 Å². The number of rotatable bonds is 5. The molecule has 0 radical (unpaired) electrons. The van der Waals surface area contributed by atoms with Gasteiger partial charge in [0.05, 0.1) is 13.0 Å². The standard InChI is InChI=1S/C14H17NO2/c1-3-4-10-15(11-9-14(16)17)13-7-5-12(2)6-8-13/h5-8H,9-11H2,1-2H3,(H,16,17). The molecule has 0 saturated carbocycles. The first kappa shape index (κ1) is 13.1. The van der Waals surface area contributed by atoms with E-state index in [4.69, 9.17) is 5.11 Å². The molecule has 0 fully saturated rings. The van der Waals surface area contributed by atoms with Crippen LogP contribution in [0.3, 0.4) is 0 Å². The number of nitrogens with zero attached hydrogens (tertiary/aromatic N) is 1. The fourth-order valence-electron chi connectivity index (χ4n) is 1.46. The van der Waals surface area contributed by atoms with Gasteiger partial charge >= 0.3 is 5.97 Å². The van der Waals surface area contributed by atoms with Gasteiger partial charge in [0, 0.05) is 12.2 Å². The van der Waals surface area contributed by atoms with E-state index in [0.717, 1.165) is 5.69 Å². The number of benzene rings is 1. The number of hydrogen-bond acceptors (Lipinski definition) is 2. The normalized spacial score (nSPS) is 9.29. The van der Waals surface area contributed by atoms with Crippen molar-refractivity contribution >= 4 is 11.7 Å². The van der Waals surface area contributed by atoms with E-state index in [2.05, 4.69) is 11.8 Å². The maximum Gasteiger partial charge on any atom is 0.305 e. The van der Waals surface area contributed by atoms with E-state index in [1.165, 1.54) is 5.56 Å². The van der Waals surface area contributed by atoms with Crippen molar-refractivity contribution in [3.8, 4) is 11.8 Å². The number of carbonyl (C=O) groups is 1. The molecule has 1 rings (SSSR count). The third-order valence-electron chi connectivity index (χ3n) is 2.44. The minimum absolute atomic E-state index is 0.124. The lowest BCUT2D eigenvalue weighted by atomic mass is 10.2. The van der Waals surface area contributed by atoms with Crippen LogP contribution in [0.1, 0.15) is 18.9 Å². The molecule has 0 aliphatic rings. The zero-order valence-electron chi connectivity index (χ0n) is 10.2. The summed E-state index contributed by atoms with van der Waals surface area (Å²) >= 11 is 0. The van der Waals surface area contributed by atoms with Gasteiger partial charge in [0.25, 0.3) is 0 Å². The van der Waals surface area contributed by atoms with Gasteiger partial charge in [-0.15, -0.1) is 5.92 Å². The molecule has 0 unspecified atom stereocenters. The molecule has 0 heterocycles. The molecule has 3 nitrogen and oxygen atoms in total. The van der Waals surface area contributed by atoms with Crippen LogP contribution in [-0.2, 0) is 4.79 Å². The molecule has 0 aromatic heterocycles. The lowest BCUT2D eigenvalue weighted by Crippen LogP contribution is -2.26. The number of carboxylic acid groups (broad SMARTS) is 1. The van der Waals surface area contributed by atoms with Crippen molar-refractivity contribution in [3.05, 3.63) is 29.8 Å². The monoisotopic (exact) mass is 231 g/mol. The van der Waals surface area contributed by atoms with Gasteiger partial charge in [-0.1, -0.05) is 23.6 Å². The summed E-state index contributed by atoms with van der Waals surface area (Å²) in [5, 5.41) is 8.72. The highest BCUT2D eigenvalue weighted by atomic mass is 16.4. The van der Waals surface area contributed by atoms with Crippen molar-refractivity contribution in [2.75, 3.05) is 18.0 Å². The molecule has 0 aliphatic heterocycles. The molecule has 90 valence electrons. The SMILES string of the molecule is CC#CCN(CCC(=O)O)c1ccc(C)cc1. The van der Waals surface area contributed by atoms with Gasteiger partial charge in [0.15, 0.2) is 0 Å². The highest BCUT2D eigenvalue weighted by molar-refractivity contribution is 5.67. The molecule has 3 heteroatoms. The minimum Gasteiger partial charge on any atom is -0.481 e. The summed E-state index contributed by atoms with van der Waals surface area (Å²) in [6.07, 6.45) is 0.124. The first-order valence-corrected chi connectivity index (χ1v) is 5.56. The Morgan fingerprint density at radius 1 is 1.35 bits per heavy atom. The quantitative estimate of drug-likeness (QED) is 0.790. The second kappa shape index (κ2) is 6.59. The van der Waals surface area contributed by atoms with E-state index in [1.807, 2.05) is 36.1 Å². The molecule has 1 aromatic carbocycles. The third kappa shape index (κ3) is 4.60. The summed E-state index contributed by atoms with van der Waals surface area (Å²) in [7, 11) is 0. The Bertz CT molecular complexity index is 426. The number of aryl methyl sites for hydroxylation is 1. The maximum atomic E-state index is 10.6. The van der Waals surface area contributed by atoms with Gasteiger partial charge in [-0.2, -0.15) is 0 Å². The van der Waals surface area contributed by atoms with Crippen molar-refractivity contribution in [2.24, 2.45) is 0 Å². The Balaban J connectivity index is 2.76. The molecule has 1 aromatic rings. The number of anilines is 1. The Kier molecular flexibility index (Phi) is 5.09. The van der Waals surface area contributed by atoms with E-state index in [1.54, 1.807) is 6.92 Å². The van der Waals surface area contributed by atoms with Gasteiger partial charge in [0.1, 0.15) is 0 Å². The lowest BCUT2D eigenvalue weighted by molar-refractivity contribution is -0.136. The zero-order valence-corrected chi connectivity index (χ0v) is 10.2. The zero-order chi connectivity index (χ0) is 12.7. The second-order valence-electron chi connectivity index (χ2n) is 3.83. The van der Waals surface area contributed by atoms with E-state index >= 15 is 0 Å². The average Bonchev–Trinajstić information content (AvgIpc) is 2.30. The molecular formula is C14H17NO2. The van der Waals surface area contributed by atoms with Crippen molar-refractivity contribution < 1.29 is 9.90 Å². The highest BCUT2D eigenvalue weighted by Crippen LogP contribution is 2.14. The van der Waals surface area contributed by atoms with Gasteiger partial charge in [-0.05, 0) is 26.0 Å². The smallest absolute Gasteiger partial charge is 0.305 e. The fraction of sp³-hybridized carbons (Fsp3) is 0.357. The predicted molar refractivity (Wildman–Crippen MR) is 69.1 cm³/mol. The molecule has 0 bridgehead atoms. The molecule has 0 saturated heterocycles. The number of carboxylic acids is 1. The summed E-state index contributed by atoms with van der Waals surface area (Å²) in [5.41, 5.74) is 2.20. The average molecular weight is 231 g/mol. The summed E-state index contributed by atoms with van der Waals surface area (Å²) in [6, 6.07) is 8.02. The topological polar surface area (TPSA) is 40.5 Å². The van der Waals surface area contributed by atoms with Crippen molar-refractivity contribution in [1.82, 2.24) is 0 Å². The van der Waals surface area contributed by atoms with Crippen LogP contribution in [0.4, 0.5) is 5.69 Å². The Hall–Kier alpha value is -1.95. The Morgan fingerprint density at radius 2 is 2.00 bits per heavy atom. The maximum absolute atomic E-state index is 10.6. The van der Waals surface area contributed by atoms with Crippen LogP contribution < -0.4 is 4.90 Å². The van der Waals surface area contributed by atoms with Crippen LogP contribution in [0.15, 0.2) is 24.3 Å². The van der Waals surface area contributed by atoms with Crippen LogP contribution in [0.2, 0.25) is 0 Å². The number of aliphatic carboxylic acids is 1. The van der Waals surface area contributed by atoms with E-state index in [-0.39, 0.29) is 6.42 Å². The van der Waals surface area contributed by atoms with Gasteiger partial charge in [0.2, 0.25) is 0 Å². The molecule has 0 spiro atoms. The largest absolute Gasteiger partial charge is 0.481 e. The molecule has 1 N–H and O–H groups in total. The van der Waals surface area contributed by atoms with Crippen LogP contribution in [0.5, 0.6) is 0 Å². The molecule has 0 atom stereocenters. The minimum atomic E-state index is -0.786. The first-order chi connectivity index (χ1) is 8.13.